The second-order valence-electron chi connectivity index (χ2n) is 3.64. The molecule has 19 heavy (non-hydrogen) atoms. The van der Waals surface area contributed by atoms with Crippen molar-refractivity contribution in [3.63, 3.8) is 0 Å². The quantitative estimate of drug-likeness (QED) is 0.782. The number of aliphatic hydroxyl groups is 2. The van der Waals surface area contributed by atoms with Crippen LogP contribution in [0.5, 0.6) is 11.5 Å². The highest BCUT2D eigenvalue weighted by Gasteiger charge is 2.29. The number of ether oxygens (including phenoxy) is 3. The van der Waals surface area contributed by atoms with Crippen molar-refractivity contribution in [3.8, 4) is 11.5 Å². The summed E-state index contributed by atoms with van der Waals surface area (Å²) < 4.78 is 15.2. The summed E-state index contributed by atoms with van der Waals surface area (Å²) in [5.41, 5.74) is 0.223. The SMILES string of the molecule is COC(=O)C(O)C(O)c1cc(OC)c(Br)cc1OC. The first kappa shape index (κ1) is 15.7. The van der Waals surface area contributed by atoms with Crippen LogP contribution in [0.4, 0.5) is 0 Å². The summed E-state index contributed by atoms with van der Waals surface area (Å²) in [6.07, 6.45) is -3.19. The number of rotatable bonds is 5. The van der Waals surface area contributed by atoms with Gasteiger partial charge in [0, 0.05) is 5.56 Å². The number of halogens is 1. The molecule has 0 spiro atoms. The predicted molar refractivity (Wildman–Crippen MR) is 70.2 cm³/mol. The Kier molecular flexibility index (Phi) is 5.59. The van der Waals surface area contributed by atoms with E-state index >= 15 is 0 Å². The van der Waals surface area contributed by atoms with Gasteiger partial charge in [0.15, 0.2) is 6.10 Å². The number of methoxy groups -OCH3 is 3. The molecule has 0 aromatic heterocycles. The van der Waals surface area contributed by atoms with Crippen LogP contribution in [0.1, 0.15) is 11.7 Å². The maximum Gasteiger partial charge on any atom is 0.337 e. The average Bonchev–Trinajstić information content (AvgIpc) is 2.44. The lowest BCUT2D eigenvalue weighted by atomic mass is 10.0. The zero-order chi connectivity index (χ0) is 14.6. The first-order chi connectivity index (χ1) is 8.96. The molecule has 6 nitrogen and oxygen atoms in total. The molecule has 0 radical (unpaired) electrons. The molecule has 0 bridgehead atoms. The lowest BCUT2D eigenvalue weighted by Gasteiger charge is -2.19. The highest BCUT2D eigenvalue weighted by atomic mass is 79.9. The van der Waals surface area contributed by atoms with Gasteiger partial charge in [-0.1, -0.05) is 0 Å². The fourth-order valence-corrected chi connectivity index (χ4v) is 2.02. The van der Waals surface area contributed by atoms with Gasteiger partial charge in [0.2, 0.25) is 0 Å². The van der Waals surface area contributed by atoms with E-state index in [1.54, 1.807) is 6.07 Å². The second kappa shape index (κ2) is 6.74. The smallest absolute Gasteiger partial charge is 0.337 e. The number of carbonyl (C=O) groups is 1. The van der Waals surface area contributed by atoms with Crippen LogP contribution in [0.25, 0.3) is 0 Å². The minimum Gasteiger partial charge on any atom is -0.496 e. The fourth-order valence-electron chi connectivity index (χ4n) is 1.53. The summed E-state index contributed by atoms with van der Waals surface area (Å²) in [6, 6.07) is 3.04. The van der Waals surface area contributed by atoms with E-state index in [4.69, 9.17) is 9.47 Å². The van der Waals surface area contributed by atoms with Crippen LogP contribution >= 0.6 is 15.9 Å². The molecule has 0 aliphatic heterocycles. The number of esters is 1. The third-order valence-corrected chi connectivity index (χ3v) is 3.18. The van der Waals surface area contributed by atoms with Gasteiger partial charge < -0.3 is 24.4 Å². The number of hydrogen-bond acceptors (Lipinski definition) is 6. The van der Waals surface area contributed by atoms with Gasteiger partial charge in [0.05, 0.1) is 25.8 Å². The highest BCUT2D eigenvalue weighted by Crippen LogP contribution is 2.36. The molecular weight excluding hydrogens is 320 g/mol. The van der Waals surface area contributed by atoms with Gasteiger partial charge in [-0.25, -0.2) is 4.79 Å². The van der Waals surface area contributed by atoms with Gasteiger partial charge in [-0.15, -0.1) is 0 Å². The third-order valence-electron chi connectivity index (χ3n) is 2.56. The van der Waals surface area contributed by atoms with Crippen molar-refractivity contribution in [2.75, 3.05) is 21.3 Å². The van der Waals surface area contributed by atoms with Crippen LogP contribution in [0.2, 0.25) is 0 Å². The summed E-state index contributed by atoms with van der Waals surface area (Å²) in [5, 5.41) is 19.7. The van der Waals surface area contributed by atoms with Gasteiger partial charge in [-0.3, -0.25) is 0 Å². The Morgan fingerprint density at radius 2 is 1.74 bits per heavy atom. The minimum absolute atomic E-state index is 0.223. The molecule has 106 valence electrons. The summed E-state index contributed by atoms with van der Waals surface area (Å²) in [4.78, 5) is 11.2. The largest absolute Gasteiger partial charge is 0.496 e. The Bertz CT molecular complexity index is 462. The predicted octanol–water partition coefficient (Wildman–Crippen LogP) is 1.03. The molecule has 0 saturated carbocycles. The van der Waals surface area contributed by atoms with Crippen molar-refractivity contribution in [2.45, 2.75) is 12.2 Å². The zero-order valence-electron chi connectivity index (χ0n) is 10.7. The number of aliphatic hydroxyl groups excluding tert-OH is 2. The normalized spacial score (nSPS) is 13.6. The van der Waals surface area contributed by atoms with Crippen LogP contribution in [-0.4, -0.2) is 43.6 Å². The summed E-state index contributed by atoms with van der Waals surface area (Å²) in [7, 11) is 3.99. The third kappa shape index (κ3) is 3.37. The van der Waals surface area contributed by atoms with Crippen molar-refractivity contribution in [1.82, 2.24) is 0 Å². The van der Waals surface area contributed by atoms with Crippen LogP contribution in [0.15, 0.2) is 16.6 Å². The topological polar surface area (TPSA) is 85.2 Å². The Balaban J connectivity index is 3.20. The minimum atomic E-state index is -1.70. The molecular formula is C12H15BrO6. The van der Waals surface area contributed by atoms with E-state index in [1.807, 2.05) is 0 Å². The van der Waals surface area contributed by atoms with Crippen LogP contribution in [0.3, 0.4) is 0 Å². The van der Waals surface area contributed by atoms with E-state index < -0.39 is 18.2 Å². The molecule has 1 aromatic rings. The monoisotopic (exact) mass is 334 g/mol. The lowest BCUT2D eigenvalue weighted by Crippen LogP contribution is -2.29. The molecule has 0 aliphatic rings. The van der Waals surface area contributed by atoms with E-state index in [2.05, 4.69) is 20.7 Å². The van der Waals surface area contributed by atoms with Gasteiger partial charge >= 0.3 is 5.97 Å². The van der Waals surface area contributed by atoms with E-state index in [1.165, 1.54) is 20.3 Å². The van der Waals surface area contributed by atoms with E-state index in [-0.39, 0.29) is 5.56 Å². The van der Waals surface area contributed by atoms with Crippen molar-refractivity contribution in [3.05, 3.63) is 22.2 Å². The van der Waals surface area contributed by atoms with Gasteiger partial charge in [-0.2, -0.15) is 0 Å². The molecule has 1 aromatic carbocycles. The van der Waals surface area contributed by atoms with Gasteiger partial charge in [-0.05, 0) is 28.1 Å². The maximum absolute atomic E-state index is 11.2. The zero-order valence-corrected chi connectivity index (χ0v) is 12.3. The number of hydrogen-bond donors (Lipinski definition) is 2. The number of carbonyl (C=O) groups excluding carboxylic acids is 1. The summed E-state index contributed by atoms with van der Waals surface area (Å²) in [6.45, 7) is 0. The molecule has 0 fully saturated rings. The van der Waals surface area contributed by atoms with E-state index in [0.717, 1.165) is 7.11 Å². The molecule has 0 saturated heterocycles. The second-order valence-corrected chi connectivity index (χ2v) is 4.50. The van der Waals surface area contributed by atoms with E-state index in [0.29, 0.717) is 16.0 Å². The molecule has 2 atom stereocenters. The average molecular weight is 335 g/mol. The highest BCUT2D eigenvalue weighted by molar-refractivity contribution is 9.10. The van der Waals surface area contributed by atoms with Crippen LogP contribution < -0.4 is 9.47 Å². The molecule has 2 N–H and O–H groups in total. The Morgan fingerprint density at radius 1 is 1.16 bits per heavy atom. The summed E-state index contributed by atoms with van der Waals surface area (Å²) >= 11 is 3.27. The maximum atomic E-state index is 11.2. The lowest BCUT2D eigenvalue weighted by molar-refractivity contribution is -0.156. The molecule has 2 unspecified atom stereocenters. The fraction of sp³-hybridized carbons (Fsp3) is 0.417. The molecule has 0 amide bonds. The van der Waals surface area contributed by atoms with Crippen LogP contribution in [-0.2, 0) is 9.53 Å². The van der Waals surface area contributed by atoms with Crippen LogP contribution in [0, 0.1) is 0 Å². The van der Waals surface area contributed by atoms with Gasteiger partial charge in [0.1, 0.15) is 17.6 Å². The van der Waals surface area contributed by atoms with Crippen molar-refractivity contribution < 1.29 is 29.2 Å². The van der Waals surface area contributed by atoms with E-state index in [9.17, 15) is 15.0 Å². The Hall–Kier alpha value is -1.31. The Morgan fingerprint density at radius 3 is 2.21 bits per heavy atom. The van der Waals surface area contributed by atoms with Gasteiger partial charge in [0.25, 0.3) is 0 Å². The number of benzene rings is 1. The first-order valence-corrected chi connectivity index (χ1v) is 6.11. The molecule has 0 heterocycles. The first-order valence-electron chi connectivity index (χ1n) is 5.31. The standard InChI is InChI=1S/C12H15BrO6/c1-17-8-5-7(13)9(18-2)4-6(8)10(14)11(15)12(16)19-3/h4-5,10-11,14-15H,1-3H3. The Labute approximate surface area is 119 Å². The summed E-state index contributed by atoms with van der Waals surface area (Å²) in [5.74, 6) is -0.188. The molecule has 7 heteroatoms. The molecule has 0 aliphatic carbocycles. The van der Waals surface area contributed by atoms with Crippen molar-refractivity contribution >= 4 is 21.9 Å². The molecule has 1 rings (SSSR count). The van der Waals surface area contributed by atoms with Crippen molar-refractivity contribution in [1.29, 1.82) is 0 Å². The van der Waals surface area contributed by atoms with Crippen molar-refractivity contribution in [2.24, 2.45) is 0 Å².